The number of fused-ring (bicyclic) bond motifs is 1. The van der Waals surface area contributed by atoms with Crippen LogP contribution in [0.1, 0.15) is 35.9 Å². The second-order valence-corrected chi connectivity index (χ2v) is 7.35. The van der Waals surface area contributed by atoms with Crippen LogP contribution in [0.3, 0.4) is 0 Å². The molecule has 0 fully saturated rings. The van der Waals surface area contributed by atoms with Gasteiger partial charge in [0.2, 0.25) is 5.91 Å². The summed E-state index contributed by atoms with van der Waals surface area (Å²) in [6.45, 7) is 5.26. The highest BCUT2D eigenvalue weighted by Gasteiger charge is 2.32. The Balaban J connectivity index is 1.91. The number of amides is 1. The molecule has 2 heterocycles. The molecule has 0 saturated heterocycles. The SMILES string of the molecule is COc1ccc(C2c3ccsc3CCN2C(=O)CNC(C)C)cc1. The van der Waals surface area contributed by atoms with Gasteiger partial charge < -0.3 is 15.0 Å². The largest absolute Gasteiger partial charge is 0.497 e. The number of methoxy groups -OCH3 is 1. The predicted octanol–water partition coefficient (Wildman–Crippen LogP) is 3.23. The molecule has 24 heavy (non-hydrogen) atoms. The van der Waals surface area contributed by atoms with Crippen LogP contribution in [-0.4, -0.2) is 37.0 Å². The normalized spacial score (nSPS) is 17.0. The van der Waals surface area contributed by atoms with Crippen LogP contribution in [0.25, 0.3) is 0 Å². The minimum absolute atomic E-state index is 0.00707. The number of carbonyl (C=O) groups excluding carboxylic acids is 1. The van der Waals surface area contributed by atoms with Crippen molar-refractivity contribution in [3.8, 4) is 5.75 Å². The molecule has 0 bridgehead atoms. The molecule has 1 amide bonds. The van der Waals surface area contributed by atoms with Gasteiger partial charge in [0.25, 0.3) is 0 Å². The summed E-state index contributed by atoms with van der Waals surface area (Å²) in [5, 5.41) is 5.37. The molecule has 1 aliphatic rings. The van der Waals surface area contributed by atoms with Crippen LogP contribution in [0.5, 0.6) is 5.75 Å². The van der Waals surface area contributed by atoms with Crippen molar-refractivity contribution in [2.75, 3.05) is 20.2 Å². The van der Waals surface area contributed by atoms with Crippen LogP contribution in [0.4, 0.5) is 0 Å². The van der Waals surface area contributed by atoms with E-state index in [4.69, 9.17) is 4.74 Å². The summed E-state index contributed by atoms with van der Waals surface area (Å²) in [5.74, 6) is 0.987. The average molecular weight is 344 g/mol. The maximum Gasteiger partial charge on any atom is 0.237 e. The zero-order chi connectivity index (χ0) is 17.1. The average Bonchev–Trinajstić information content (AvgIpc) is 3.07. The molecule has 128 valence electrons. The molecule has 1 aromatic carbocycles. The maximum absolute atomic E-state index is 12.8. The standard InChI is InChI=1S/C19H24N2O2S/c1-13(2)20-12-18(22)21-10-8-17-16(9-11-24-17)19(21)14-4-6-15(23-3)7-5-14/h4-7,9,11,13,19-20H,8,10,12H2,1-3H3. The van der Waals surface area contributed by atoms with Crippen molar-refractivity contribution in [3.63, 3.8) is 0 Å². The molecule has 1 aliphatic heterocycles. The number of nitrogens with one attached hydrogen (secondary N) is 1. The second-order valence-electron chi connectivity index (χ2n) is 6.35. The maximum atomic E-state index is 12.8. The molecule has 5 heteroatoms. The number of benzene rings is 1. The molecule has 3 rings (SSSR count). The lowest BCUT2D eigenvalue weighted by Gasteiger charge is -2.36. The van der Waals surface area contributed by atoms with E-state index in [0.29, 0.717) is 12.6 Å². The van der Waals surface area contributed by atoms with E-state index in [2.05, 4.69) is 42.7 Å². The molecular weight excluding hydrogens is 320 g/mol. The summed E-state index contributed by atoms with van der Waals surface area (Å²) in [6, 6.07) is 10.5. The first-order valence-electron chi connectivity index (χ1n) is 8.33. The van der Waals surface area contributed by atoms with Crippen molar-refractivity contribution in [1.82, 2.24) is 10.2 Å². The number of carbonyl (C=O) groups is 1. The van der Waals surface area contributed by atoms with Crippen molar-refractivity contribution in [2.24, 2.45) is 0 Å². The Hall–Kier alpha value is -1.85. The zero-order valence-corrected chi connectivity index (χ0v) is 15.2. The van der Waals surface area contributed by atoms with E-state index in [1.165, 1.54) is 10.4 Å². The summed E-state index contributed by atoms with van der Waals surface area (Å²) in [7, 11) is 1.67. The van der Waals surface area contributed by atoms with Crippen molar-refractivity contribution in [3.05, 3.63) is 51.7 Å². The van der Waals surface area contributed by atoms with E-state index in [-0.39, 0.29) is 11.9 Å². The predicted molar refractivity (Wildman–Crippen MR) is 97.7 cm³/mol. The number of hydrogen-bond acceptors (Lipinski definition) is 4. The molecule has 4 nitrogen and oxygen atoms in total. The Morgan fingerprint density at radius 2 is 2.08 bits per heavy atom. The molecule has 0 radical (unpaired) electrons. The second kappa shape index (κ2) is 7.36. The van der Waals surface area contributed by atoms with E-state index in [0.717, 1.165) is 24.3 Å². The van der Waals surface area contributed by atoms with Crippen LogP contribution in [-0.2, 0) is 11.2 Å². The van der Waals surface area contributed by atoms with Crippen LogP contribution in [0, 0.1) is 0 Å². The minimum atomic E-state index is -0.00707. The van der Waals surface area contributed by atoms with Gasteiger partial charge in [-0.3, -0.25) is 4.79 Å². The van der Waals surface area contributed by atoms with Gasteiger partial charge in [-0.1, -0.05) is 26.0 Å². The first-order chi connectivity index (χ1) is 11.6. The van der Waals surface area contributed by atoms with Gasteiger partial charge in [-0.15, -0.1) is 11.3 Å². The third-order valence-electron chi connectivity index (χ3n) is 4.38. The fourth-order valence-electron chi connectivity index (χ4n) is 3.12. The molecular formula is C19H24N2O2S. The van der Waals surface area contributed by atoms with Gasteiger partial charge in [0.15, 0.2) is 0 Å². The lowest BCUT2D eigenvalue weighted by molar-refractivity contribution is -0.132. The zero-order valence-electron chi connectivity index (χ0n) is 14.4. The van der Waals surface area contributed by atoms with Gasteiger partial charge in [-0.2, -0.15) is 0 Å². The van der Waals surface area contributed by atoms with Gasteiger partial charge in [0.05, 0.1) is 19.7 Å². The third kappa shape index (κ3) is 3.47. The Morgan fingerprint density at radius 3 is 2.75 bits per heavy atom. The Kier molecular flexibility index (Phi) is 5.21. The monoisotopic (exact) mass is 344 g/mol. The molecule has 1 N–H and O–H groups in total. The highest BCUT2D eigenvalue weighted by molar-refractivity contribution is 7.10. The van der Waals surface area contributed by atoms with Crippen molar-refractivity contribution >= 4 is 17.2 Å². The molecule has 1 aromatic heterocycles. The van der Waals surface area contributed by atoms with Gasteiger partial charge >= 0.3 is 0 Å². The molecule has 1 unspecified atom stereocenters. The molecule has 0 spiro atoms. The Morgan fingerprint density at radius 1 is 1.33 bits per heavy atom. The Labute approximate surface area is 147 Å². The third-order valence-corrected chi connectivity index (χ3v) is 5.38. The van der Waals surface area contributed by atoms with Gasteiger partial charge in [-0.25, -0.2) is 0 Å². The van der Waals surface area contributed by atoms with E-state index < -0.39 is 0 Å². The number of nitrogens with zero attached hydrogens (tertiary/aromatic N) is 1. The van der Waals surface area contributed by atoms with E-state index in [9.17, 15) is 4.79 Å². The van der Waals surface area contributed by atoms with Crippen LogP contribution >= 0.6 is 11.3 Å². The van der Waals surface area contributed by atoms with E-state index >= 15 is 0 Å². The van der Waals surface area contributed by atoms with E-state index in [1.54, 1.807) is 18.4 Å². The molecule has 0 saturated carbocycles. The van der Waals surface area contributed by atoms with Crippen molar-refractivity contribution in [1.29, 1.82) is 0 Å². The topological polar surface area (TPSA) is 41.6 Å². The first kappa shape index (κ1) is 17.0. The summed E-state index contributed by atoms with van der Waals surface area (Å²) in [6.07, 6.45) is 0.938. The molecule has 1 atom stereocenters. The number of ether oxygens (including phenoxy) is 1. The fraction of sp³-hybridized carbons (Fsp3) is 0.421. The number of rotatable bonds is 5. The molecule has 2 aromatic rings. The number of hydrogen-bond donors (Lipinski definition) is 1. The van der Waals surface area contributed by atoms with Crippen LogP contribution < -0.4 is 10.1 Å². The highest BCUT2D eigenvalue weighted by atomic mass is 32.1. The van der Waals surface area contributed by atoms with Crippen LogP contribution in [0.15, 0.2) is 35.7 Å². The summed E-state index contributed by atoms with van der Waals surface area (Å²) < 4.78 is 5.26. The quantitative estimate of drug-likeness (QED) is 0.905. The van der Waals surface area contributed by atoms with Gasteiger partial charge in [-0.05, 0) is 41.1 Å². The van der Waals surface area contributed by atoms with Gasteiger partial charge in [0.1, 0.15) is 5.75 Å². The Bertz CT molecular complexity index is 694. The smallest absolute Gasteiger partial charge is 0.237 e. The van der Waals surface area contributed by atoms with E-state index in [1.807, 2.05) is 17.0 Å². The van der Waals surface area contributed by atoms with Crippen molar-refractivity contribution < 1.29 is 9.53 Å². The molecule has 0 aliphatic carbocycles. The van der Waals surface area contributed by atoms with Gasteiger partial charge in [0, 0.05) is 17.5 Å². The highest BCUT2D eigenvalue weighted by Crippen LogP contribution is 2.38. The first-order valence-corrected chi connectivity index (χ1v) is 9.21. The fourth-order valence-corrected chi connectivity index (χ4v) is 4.03. The summed E-state index contributed by atoms with van der Waals surface area (Å²) in [5.41, 5.74) is 2.39. The lowest BCUT2D eigenvalue weighted by Crippen LogP contribution is -2.45. The summed E-state index contributed by atoms with van der Waals surface area (Å²) >= 11 is 1.79. The number of thiophene rings is 1. The summed E-state index contributed by atoms with van der Waals surface area (Å²) in [4.78, 5) is 16.2. The van der Waals surface area contributed by atoms with Crippen molar-refractivity contribution in [2.45, 2.75) is 32.4 Å². The minimum Gasteiger partial charge on any atom is -0.497 e. The lowest BCUT2D eigenvalue weighted by atomic mass is 9.93. The van der Waals surface area contributed by atoms with Crippen LogP contribution in [0.2, 0.25) is 0 Å².